The molecule has 0 saturated carbocycles. The Morgan fingerprint density at radius 1 is 1.10 bits per heavy atom. The molecule has 2 rings (SSSR count). The molecule has 108 valence electrons. The number of hydrogen-bond acceptors (Lipinski definition) is 4. The van der Waals surface area contributed by atoms with Gasteiger partial charge in [-0.25, -0.2) is 0 Å². The Morgan fingerprint density at radius 3 is 2.50 bits per heavy atom. The SMILES string of the molecule is CCCN(CCN(C)C)c1ccc2c(c1)NC(=O)C2=O. The van der Waals surface area contributed by atoms with E-state index in [0.717, 1.165) is 31.7 Å². The first kappa shape index (κ1) is 14.5. The molecule has 1 aromatic rings. The summed E-state index contributed by atoms with van der Waals surface area (Å²) in [5.74, 6) is -0.977. The molecule has 1 aromatic carbocycles. The van der Waals surface area contributed by atoms with Gasteiger partial charge in [-0.05, 0) is 38.7 Å². The summed E-state index contributed by atoms with van der Waals surface area (Å²) >= 11 is 0. The zero-order valence-electron chi connectivity index (χ0n) is 12.3. The number of rotatable bonds is 6. The van der Waals surface area contributed by atoms with Gasteiger partial charge >= 0.3 is 0 Å². The zero-order valence-corrected chi connectivity index (χ0v) is 12.3. The van der Waals surface area contributed by atoms with Crippen molar-refractivity contribution in [3.05, 3.63) is 23.8 Å². The van der Waals surface area contributed by atoms with E-state index in [4.69, 9.17) is 0 Å². The Balaban J connectivity index is 2.20. The summed E-state index contributed by atoms with van der Waals surface area (Å²) in [6, 6.07) is 5.55. The molecule has 1 N–H and O–H groups in total. The van der Waals surface area contributed by atoms with Gasteiger partial charge in [0.25, 0.3) is 11.7 Å². The lowest BCUT2D eigenvalue weighted by Gasteiger charge is -2.26. The molecule has 0 atom stereocenters. The lowest BCUT2D eigenvalue weighted by Crippen LogP contribution is -2.32. The zero-order chi connectivity index (χ0) is 14.7. The van der Waals surface area contributed by atoms with Crippen LogP contribution < -0.4 is 10.2 Å². The number of nitrogens with one attached hydrogen (secondary N) is 1. The van der Waals surface area contributed by atoms with E-state index in [1.54, 1.807) is 6.07 Å². The molecule has 0 aromatic heterocycles. The first-order valence-corrected chi connectivity index (χ1v) is 6.92. The number of likely N-dealkylation sites (N-methyl/N-ethyl adjacent to an activating group) is 1. The predicted molar refractivity (Wildman–Crippen MR) is 80.5 cm³/mol. The molecule has 1 amide bonds. The second-order valence-corrected chi connectivity index (χ2v) is 5.30. The molecule has 1 heterocycles. The third-order valence-electron chi connectivity index (χ3n) is 3.38. The summed E-state index contributed by atoms with van der Waals surface area (Å²) in [5, 5.41) is 2.62. The number of Topliss-reactive ketones (excluding diaryl/α,β-unsaturated/α-hetero) is 1. The fourth-order valence-electron chi connectivity index (χ4n) is 2.29. The van der Waals surface area contributed by atoms with Gasteiger partial charge in [0, 0.05) is 25.3 Å². The summed E-state index contributed by atoms with van der Waals surface area (Å²) in [7, 11) is 4.09. The van der Waals surface area contributed by atoms with Gasteiger partial charge in [-0.2, -0.15) is 0 Å². The van der Waals surface area contributed by atoms with Gasteiger partial charge in [0.15, 0.2) is 0 Å². The van der Waals surface area contributed by atoms with Crippen LogP contribution in [0.1, 0.15) is 23.7 Å². The van der Waals surface area contributed by atoms with Crippen molar-refractivity contribution in [2.45, 2.75) is 13.3 Å². The van der Waals surface area contributed by atoms with Crippen molar-refractivity contribution in [3.8, 4) is 0 Å². The molecule has 20 heavy (non-hydrogen) atoms. The largest absolute Gasteiger partial charge is 0.370 e. The molecule has 0 unspecified atom stereocenters. The first-order chi connectivity index (χ1) is 9.52. The Morgan fingerprint density at radius 2 is 1.85 bits per heavy atom. The maximum Gasteiger partial charge on any atom is 0.296 e. The molecule has 0 spiro atoms. The summed E-state index contributed by atoms with van der Waals surface area (Å²) in [5.41, 5.74) is 2.15. The van der Waals surface area contributed by atoms with Crippen LogP contribution >= 0.6 is 0 Å². The summed E-state index contributed by atoms with van der Waals surface area (Å²) < 4.78 is 0. The van der Waals surface area contributed by atoms with Gasteiger partial charge in [-0.1, -0.05) is 6.92 Å². The number of ketones is 1. The van der Waals surface area contributed by atoms with Gasteiger partial charge in [-0.3, -0.25) is 9.59 Å². The molecule has 0 fully saturated rings. The van der Waals surface area contributed by atoms with E-state index in [1.807, 2.05) is 26.2 Å². The summed E-state index contributed by atoms with van der Waals surface area (Å²) in [6.45, 7) is 4.97. The molecule has 5 heteroatoms. The lowest BCUT2D eigenvalue weighted by atomic mass is 10.1. The second-order valence-electron chi connectivity index (χ2n) is 5.30. The number of fused-ring (bicyclic) bond motifs is 1. The number of nitrogens with zero attached hydrogens (tertiary/aromatic N) is 2. The van der Waals surface area contributed by atoms with E-state index in [-0.39, 0.29) is 0 Å². The highest BCUT2D eigenvalue weighted by atomic mass is 16.2. The number of benzene rings is 1. The van der Waals surface area contributed by atoms with Crippen LogP contribution in [0, 0.1) is 0 Å². The monoisotopic (exact) mass is 275 g/mol. The molecule has 1 aliphatic rings. The quantitative estimate of drug-likeness (QED) is 0.801. The number of anilines is 2. The van der Waals surface area contributed by atoms with Crippen molar-refractivity contribution < 1.29 is 9.59 Å². The molecule has 0 radical (unpaired) electrons. The fourth-order valence-corrected chi connectivity index (χ4v) is 2.29. The highest BCUT2D eigenvalue weighted by molar-refractivity contribution is 6.51. The minimum Gasteiger partial charge on any atom is -0.370 e. The molecular formula is C15H21N3O2. The number of carbonyl (C=O) groups is 2. The number of amides is 1. The molecule has 0 saturated heterocycles. The summed E-state index contributed by atoms with van der Waals surface area (Å²) in [4.78, 5) is 27.4. The molecule has 0 bridgehead atoms. The molecule has 5 nitrogen and oxygen atoms in total. The molecular weight excluding hydrogens is 254 g/mol. The second kappa shape index (κ2) is 6.05. The maximum atomic E-state index is 11.6. The Labute approximate surface area is 119 Å². The van der Waals surface area contributed by atoms with Crippen LogP contribution in [0.25, 0.3) is 0 Å². The van der Waals surface area contributed by atoms with Crippen molar-refractivity contribution in [2.24, 2.45) is 0 Å². The highest BCUT2D eigenvalue weighted by Gasteiger charge is 2.28. The lowest BCUT2D eigenvalue weighted by molar-refractivity contribution is -0.112. The van der Waals surface area contributed by atoms with E-state index >= 15 is 0 Å². The average Bonchev–Trinajstić information content (AvgIpc) is 2.69. The van der Waals surface area contributed by atoms with Crippen LogP contribution in [0.4, 0.5) is 11.4 Å². The van der Waals surface area contributed by atoms with Crippen LogP contribution in [0.5, 0.6) is 0 Å². The maximum absolute atomic E-state index is 11.6. The van der Waals surface area contributed by atoms with Gasteiger partial charge in [0.2, 0.25) is 0 Å². The van der Waals surface area contributed by atoms with Crippen molar-refractivity contribution in [2.75, 3.05) is 43.9 Å². The predicted octanol–water partition coefficient (Wildman–Crippen LogP) is 1.60. The van der Waals surface area contributed by atoms with E-state index in [1.165, 1.54) is 0 Å². The van der Waals surface area contributed by atoms with E-state index in [2.05, 4.69) is 22.0 Å². The van der Waals surface area contributed by atoms with Gasteiger partial charge < -0.3 is 15.1 Å². The normalized spacial score (nSPS) is 13.6. The Bertz CT molecular complexity index is 526. The van der Waals surface area contributed by atoms with Crippen LogP contribution in [0.3, 0.4) is 0 Å². The standard InChI is InChI=1S/C15H21N3O2/c1-4-7-18(9-8-17(2)3)11-5-6-12-13(10-11)16-15(20)14(12)19/h5-6,10H,4,7-9H2,1-3H3,(H,16,19,20). The first-order valence-electron chi connectivity index (χ1n) is 6.92. The highest BCUT2D eigenvalue weighted by Crippen LogP contribution is 2.28. The third kappa shape index (κ3) is 2.99. The topological polar surface area (TPSA) is 52.6 Å². The Kier molecular flexibility index (Phi) is 4.39. The van der Waals surface area contributed by atoms with Crippen LogP contribution in [0.2, 0.25) is 0 Å². The van der Waals surface area contributed by atoms with Crippen LogP contribution in [0.15, 0.2) is 18.2 Å². The fraction of sp³-hybridized carbons (Fsp3) is 0.467. The molecule has 0 aliphatic carbocycles. The van der Waals surface area contributed by atoms with Crippen molar-refractivity contribution in [3.63, 3.8) is 0 Å². The minimum atomic E-state index is -0.535. The van der Waals surface area contributed by atoms with Gasteiger partial charge in [-0.15, -0.1) is 0 Å². The van der Waals surface area contributed by atoms with E-state index in [0.29, 0.717) is 11.3 Å². The van der Waals surface area contributed by atoms with E-state index in [9.17, 15) is 9.59 Å². The number of hydrogen-bond donors (Lipinski definition) is 1. The smallest absolute Gasteiger partial charge is 0.296 e. The van der Waals surface area contributed by atoms with Crippen molar-refractivity contribution in [1.82, 2.24) is 4.90 Å². The van der Waals surface area contributed by atoms with Crippen molar-refractivity contribution in [1.29, 1.82) is 0 Å². The number of carbonyl (C=O) groups excluding carboxylic acids is 2. The third-order valence-corrected chi connectivity index (χ3v) is 3.38. The van der Waals surface area contributed by atoms with Crippen LogP contribution in [-0.2, 0) is 4.79 Å². The van der Waals surface area contributed by atoms with Crippen LogP contribution in [-0.4, -0.2) is 50.3 Å². The van der Waals surface area contributed by atoms with Gasteiger partial charge in [0.1, 0.15) is 0 Å². The van der Waals surface area contributed by atoms with Gasteiger partial charge in [0.05, 0.1) is 11.3 Å². The minimum absolute atomic E-state index is 0.443. The average molecular weight is 275 g/mol. The van der Waals surface area contributed by atoms with Crippen molar-refractivity contribution >= 4 is 23.1 Å². The molecule has 1 aliphatic heterocycles. The Hall–Kier alpha value is -1.88. The summed E-state index contributed by atoms with van der Waals surface area (Å²) in [6.07, 6.45) is 1.05. The van der Waals surface area contributed by atoms with E-state index < -0.39 is 11.7 Å².